The number of esters is 1. The van der Waals surface area contributed by atoms with Gasteiger partial charge in [0, 0.05) is 45.0 Å². The van der Waals surface area contributed by atoms with Crippen molar-refractivity contribution in [3.63, 3.8) is 0 Å². The molecule has 180 valence electrons. The molecule has 2 atom stereocenters. The summed E-state index contributed by atoms with van der Waals surface area (Å²) in [6, 6.07) is 16.7. The molecule has 1 amide bonds. The van der Waals surface area contributed by atoms with Gasteiger partial charge in [-0.15, -0.1) is 0 Å². The second-order valence-corrected chi connectivity index (χ2v) is 9.44. The fraction of sp³-hybridized carbons (Fsp3) is 0.481. The number of nitrogens with zero attached hydrogens (tertiary/aromatic N) is 3. The number of rotatable bonds is 6. The van der Waals surface area contributed by atoms with Gasteiger partial charge in [-0.05, 0) is 47.6 Å². The number of likely N-dealkylation sites (tertiary alicyclic amines) is 1. The van der Waals surface area contributed by atoms with Crippen LogP contribution in [-0.4, -0.2) is 68.2 Å². The first kappa shape index (κ1) is 22.7. The minimum Gasteiger partial charge on any atom is -0.469 e. The van der Waals surface area contributed by atoms with Crippen LogP contribution in [0.4, 0.5) is 10.5 Å². The summed E-state index contributed by atoms with van der Waals surface area (Å²) in [7, 11) is 1.44. The summed E-state index contributed by atoms with van der Waals surface area (Å²) in [5.41, 5.74) is 4.94. The molecule has 0 aromatic heterocycles. The van der Waals surface area contributed by atoms with E-state index < -0.39 is 0 Å². The summed E-state index contributed by atoms with van der Waals surface area (Å²) < 4.78 is 10.4. The number of amides is 1. The highest BCUT2D eigenvalue weighted by molar-refractivity contribution is 5.70. The van der Waals surface area contributed by atoms with Crippen LogP contribution in [-0.2, 0) is 20.9 Å². The lowest BCUT2D eigenvalue weighted by molar-refractivity contribution is -0.141. The lowest BCUT2D eigenvalue weighted by Gasteiger charge is -2.36. The number of benzene rings is 2. The van der Waals surface area contributed by atoms with Gasteiger partial charge < -0.3 is 19.3 Å². The number of piperidine rings is 1. The normalized spacial score (nSPS) is 21.8. The lowest BCUT2D eigenvalue weighted by atomic mass is 9.95. The Morgan fingerprint density at radius 1 is 0.971 bits per heavy atom. The smallest absolute Gasteiger partial charge is 0.410 e. The minimum absolute atomic E-state index is 0.112. The van der Waals surface area contributed by atoms with Crippen LogP contribution in [0.5, 0.6) is 0 Å². The van der Waals surface area contributed by atoms with Crippen LogP contribution in [0.25, 0.3) is 0 Å². The number of carbonyl (C=O) groups excluding carboxylic acids is 2. The highest BCUT2D eigenvalue weighted by Crippen LogP contribution is 2.50. The van der Waals surface area contributed by atoms with E-state index in [1.165, 1.54) is 23.9 Å². The van der Waals surface area contributed by atoms with Crippen molar-refractivity contribution in [3.05, 3.63) is 65.2 Å². The summed E-state index contributed by atoms with van der Waals surface area (Å²) >= 11 is 0. The van der Waals surface area contributed by atoms with Crippen LogP contribution >= 0.6 is 0 Å². The van der Waals surface area contributed by atoms with E-state index in [4.69, 9.17) is 9.47 Å². The zero-order valence-corrected chi connectivity index (χ0v) is 19.8. The van der Waals surface area contributed by atoms with Crippen molar-refractivity contribution < 1.29 is 19.1 Å². The van der Waals surface area contributed by atoms with E-state index in [1.54, 1.807) is 0 Å². The number of fused-ring (bicyclic) bond motifs is 5. The van der Waals surface area contributed by atoms with Crippen molar-refractivity contribution in [2.45, 2.75) is 37.8 Å². The molecule has 0 saturated carbocycles. The molecule has 2 aromatic carbocycles. The molecule has 0 radical (unpaired) electrons. The van der Waals surface area contributed by atoms with Crippen LogP contribution < -0.4 is 4.90 Å². The molecule has 0 spiro atoms. The van der Waals surface area contributed by atoms with Crippen LogP contribution in [0.2, 0.25) is 0 Å². The molecular weight excluding hydrogens is 430 g/mol. The molecule has 5 rings (SSSR count). The average Bonchev–Trinajstić information content (AvgIpc) is 3.17. The largest absolute Gasteiger partial charge is 0.469 e. The summed E-state index contributed by atoms with van der Waals surface area (Å²) in [5, 5.41) is 0. The van der Waals surface area contributed by atoms with Gasteiger partial charge in [0.15, 0.2) is 0 Å². The van der Waals surface area contributed by atoms with Crippen molar-refractivity contribution in [1.82, 2.24) is 9.80 Å². The highest BCUT2D eigenvalue weighted by Gasteiger charge is 2.41. The van der Waals surface area contributed by atoms with Crippen molar-refractivity contribution in [2.75, 3.05) is 51.3 Å². The molecule has 2 heterocycles. The van der Waals surface area contributed by atoms with E-state index in [0.29, 0.717) is 18.9 Å². The molecule has 2 bridgehead atoms. The van der Waals surface area contributed by atoms with Crippen LogP contribution in [0.1, 0.15) is 47.9 Å². The van der Waals surface area contributed by atoms with Gasteiger partial charge in [0.25, 0.3) is 0 Å². The first-order chi connectivity index (χ1) is 16.6. The number of hydrogen-bond donors (Lipinski definition) is 0. The third kappa shape index (κ3) is 4.75. The first-order valence-corrected chi connectivity index (χ1v) is 12.3. The SMILES string of the molecule is COC(=O)CCN1CCN(c2ccc3c(c2)[C@@H]2CCN(C(=O)OCc4ccccc4)[C@@H]3C2)CC1. The lowest BCUT2D eigenvalue weighted by Crippen LogP contribution is -2.47. The second kappa shape index (κ2) is 10.1. The van der Waals surface area contributed by atoms with Gasteiger partial charge in [-0.2, -0.15) is 0 Å². The Bertz CT molecular complexity index is 1020. The quantitative estimate of drug-likeness (QED) is 0.605. The molecule has 0 N–H and O–H groups in total. The van der Waals surface area contributed by atoms with E-state index in [2.05, 4.69) is 28.0 Å². The number of ether oxygens (including phenoxy) is 2. The van der Waals surface area contributed by atoms with Gasteiger partial charge >= 0.3 is 12.1 Å². The van der Waals surface area contributed by atoms with Gasteiger partial charge in [0.05, 0.1) is 19.6 Å². The summed E-state index contributed by atoms with van der Waals surface area (Å²) in [6.45, 7) is 5.60. The third-order valence-electron chi connectivity index (χ3n) is 7.51. The van der Waals surface area contributed by atoms with Crippen LogP contribution in [0.15, 0.2) is 48.5 Å². The maximum absolute atomic E-state index is 12.9. The van der Waals surface area contributed by atoms with Gasteiger partial charge in [-0.3, -0.25) is 9.69 Å². The maximum Gasteiger partial charge on any atom is 0.410 e. The fourth-order valence-electron chi connectivity index (χ4n) is 5.56. The number of methoxy groups -OCH3 is 1. The van der Waals surface area contributed by atoms with Gasteiger partial charge in [0.2, 0.25) is 0 Å². The second-order valence-electron chi connectivity index (χ2n) is 9.44. The molecule has 2 aromatic rings. The number of carbonyl (C=O) groups is 2. The zero-order valence-electron chi connectivity index (χ0n) is 19.8. The molecule has 2 fully saturated rings. The fourth-order valence-corrected chi connectivity index (χ4v) is 5.56. The Kier molecular flexibility index (Phi) is 6.72. The maximum atomic E-state index is 12.9. The first-order valence-electron chi connectivity index (χ1n) is 12.3. The topological polar surface area (TPSA) is 62.3 Å². The molecule has 0 unspecified atom stereocenters. The predicted molar refractivity (Wildman–Crippen MR) is 130 cm³/mol. The van der Waals surface area contributed by atoms with E-state index in [1.807, 2.05) is 35.2 Å². The summed E-state index contributed by atoms with van der Waals surface area (Å²) in [5.74, 6) is 0.365. The molecule has 7 nitrogen and oxygen atoms in total. The molecule has 7 heteroatoms. The standard InChI is InChI=1S/C27H33N3O4/c1-33-26(31)10-11-28-13-15-29(16-14-28)22-7-8-23-24(18-22)21-9-12-30(25(23)17-21)27(32)34-19-20-5-3-2-4-6-20/h2-8,18,21,25H,9-17,19H2,1H3/t21-,25-/m1/s1. The molecule has 2 aliphatic heterocycles. The van der Waals surface area contributed by atoms with Crippen molar-refractivity contribution in [1.29, 1.82) is 0 Å². The Hall–Kier alpha value is -3.06. The number of piperazine rings is 1. The Labute approximate surface area is 201 Å². The highest BCUT2D eigenvalue weighted by atomic mass is 16.6. The van der Waals surface area contributed by atoms with Gasteiger partial charge in [-0.1, -0.05) is 36.4 Å². The van der Waals surface area contributed by atoms with Gasteiger partial charge in [-0.25, -0.2) is 4.79 Å². The van der Waals surface area contributed by atoms with Crippen LogP contribution in [0.3, 0.4) is 0 Å². The molecular formula is C27H33N3O4. The predicted octanol–water partition coefficient (Wildman–Crippen LogP) is 3.94. The van der Waals surface area contributed by atoms with E-state index in [0.717, 1.165) is 57.7 Å². The zero-order chi connectivity index (χ0) is 23.5. The molecule has 2 saturated heterocycles. The van der Waals surface area contributed by atoms with E-state index in [9.17, 15) is 9.59 Å². The summed E-state index contributed by atoms with van der Waals surface area (Å²) in [6.07, 6.45) is 2.20. The average molecular weight is 464 g/mol. The number of hydrogen-bond acceptors (Lipinski definition) is 6. The Balaban J connectivity index is 1.20. The van der Waals surface area contributed by atoms with Crippen molar-refractivity contribution in [3.8, 4) is 0 Å². The number of anilines is 1. The van der Waals surface area contributed by atoms with Crippen LogP contribution in [0, 0.1) is 0 Å². The van der Waals surface area contributed by atoms with Crippen molar-refractivity contribution in [2.24, 2.45) is 0 Å². The third-order valence-corrected chi connectivity index (χ3v) is 7.51. The van der Waals surface area contributed by atoms with E-state index in [-0.39, 0.29) is 18.1 Å². The monoisotopic (exact) mass is 463 g/mol. The molecule has 1 aliphatic carbocycles. The Morgan fingerprint density at radius 3 is 2.53 bits per heavy atom. The minimum atomic E-state index is -0.215. The molecule has 34 heavy (non-hydrogen) atoms. The van der Waals surface area contributed by atoms with Crippen molar-refractivity contribution >= 4 is 17.7 Å². The Morgan fingerprint density at radius 2 is 1.76 bits per heavy atom. The van der Waals surface area contributed by atoms with E-state index >= 15 is 0 Å². The summed E-state index contributed by atoms with van der Waals surface area (Å²) in [4.78, 5) is 31.0. The molecule has 3 aliphatic rings. The van der Waals surface area contributed by atoms with Gasteiger partial charge in [0.1, 0.15) is 6.61 Å².